The number of carbonyl (C=O) groups is 3. The van der Waals surface area contributed by atoms with Crippen molar-refractivity contribution in [2.45, 2.75) is 64.0 Å². The van der Waals surface area contributed by atoms with Crippen molar-refractivity contribution in [1.29, 1.82) is 0 Å². The molecular formula is C26H32N2O5. The van der Waals surface area contributed by atoms with Gasteiger partial charge in [-0.25, -0.2) is 4.79 Å². The highest BCUT2D eigenvalue weighted by atomic mass is 16.5. The summed E-state index contributed by atoms with van der Waals surface area (Å²) in [6.45, 7) is 4.00. The van der Waals surface area contributed by atoms with Gasteiger partial charge < -0.3 is 20.5 Å². The first kappa shape index (κ1) is 24.3. The van der Waals surface area contributed by atoms with E-state index in [-0.39, 0.29) is 43.4 Å². The summed E-state index contributed by atoms with van der Waals surface area (Å²) in [6, 6.07) is 15.7. The number of hydrogen-bond donors (Lipinski definition) is 3. The number of carboxylic acids is 1. The summed E-state index contributed by atoms with van der Waals surface area (Å²) >= 11 is 0. The van der Waals surface area contributed by atoms with Crippen LogP contribution in [0.3, 0.4) is 0 Å². The summed E-state index contributed by atoms with van der Waals surface area (Å²) in [4.78, 5) is 35.5. The summed E-state index contributed by atoms with van der Waals surface area (Å²) in [5.74, 6) is -1.15. The second kappa shape index (κ2) is 11.5. The lowest BCUT2D eigenvalue weighted by Crippen LogP contribution is -2.38. The third-order valence-corrected chi connectivity index (χ3v) is 5.94. The average Bonchev–Trinajstić information content (AvgIpc) is 3.10. The van der Waals surface area contributed by atoms with Crippen LogP contribution in [-0.2, 0) is 14.3 Å². The molecule has 0 heterocycles. The van der Waals surface area contributed by atoms with Gasteiger partial charge in [-0.05, 0) is 42.0 Å². The molecule has 0 saturated carbocycles. The molecular weight excluding hydrogens is 420 g/mol. The zero-order valence-corrected chi connectivity index (χ0v) is 19.2. The molecule has 7 heteroatoms. The van der Waals surface area contributed by atoms with Crippen LogP contribution in [0.15, 0.2) is 48.5 Å². The van der Waals surface area contributed by atoms with Crippen molar-refractivity contribution in [3.63, 3.8) is 0 Å². The van der Waals surface area contributed by atoms with Crippen LogP contribution >= 0.6 is 0 Å². The van der Waals surface area contributed by atoms with Crippen molar-refractivity contribution in [2.75, 3.05) is 6.61 Å². The number of ether oxygens (including phenoxy) is 1. The third-order valence-electron chi connectivity index (χ3n) is 5.94. The molecule has 2 atom stereocenters. The Morgan fingerprint density at radius 2 is 1.58 bits per heavy atom. The van der Waals surface area contributed by atoms with Gasteiger partial charge in [0.2, 0.25) is 5.91 Å². The van der Waals surface area contributed by atoms with Gasteiger partial charge in [-0.1, -0.05) is 61.9 Å². The number of aliphatic carboxylic acids is 1. The van der Waals surface area contributed by atoms with Gasteiger partial charge in [0.05, 0.1) is 6.42 Å². The number of fused-ring (bicyclic) bond motifs is 3. The molecule has 1 aliphatic carbocycles. The van der Waals surface area contributed by atoms with Gasteiger partial charge in [0, 0.05) is 24.4 Å². The highest BCUT2D eigenvalue weighted by molar-refractivity contribution is 5.79. The van der Waals surface area contributed by atoms with Gasteiger partial charge in [0.1, 0.15) is 6.61 Å². The lowest BCUT2D eigenvalue weighted by Gasteiger charge is -2.18. The SMILES string of the molecule is CCC[C@H](CC(=O)O)NC(=O)CCC(C)NC(=O)OCC1c2ccccc2-c2ccccc21. The largest absolute Gasteiger partial charge is 0.481 e. The summed E-state index contributed by atoms with van der Waals surface area (Å²) in [7, 11) is 0. The van der Waals surface area contributed by atoms with Crippen molar-refractivity contribution in [3.8, 4) is 11.1 Å². The molecule has 0 aliphatic heterocycles. The fraction of sp³-hybridized carbons (Fsp3) is 0.423. The second-order valence-corrected chi connectivity index (χ2v) is 8.56. The van der Waals surface area contributed by atoms with E-state index in [1.54, 1.807) is 0 Å². The number of nitrogens with one attached hydrogen (secondary N) is 2. The monoisotopic (exact) mass is 452 g/mol. The number of amides is 2. The van der Waals surface area contributed by atoms with E-state index < -0.39 is 12.1 Å². The van der Waals surface area contributed by atoms with Crippen LogP contribution in [0.25, 0.3) is 11.1 Å². The average molecular weight is 453 g/mol. The van der Waals surface area contributed by atoms with Crippen molar-refractivity contribution >= 4 is 18.0 Å². The molecule has 0 radical (unpaired) electrons. The van der Waals surface area contributed by atoms with Gasteiger partial charge in [0.15, 0.2) is 0 Å². The molecule has 2 amide bonds. The summed E-state index contributed by atoms with van der Waals surface area (Å²) in [5.41, 5.74) is 4.65. The predicted molar refractivity (Wildman–Crippen MR) is 126 cm³/mol. The van der Waals surface area contributed by atoms with Crippen LogP contribution in [0.4, 0.5) is 4.79 Å². The van der Waals surface area contributed by atoms with Gasteiger partial charge in [0.25, 0.3) is 0 Å². The maximum atomic E-state index is 12.4. The van der Waals surface area contributed by atoms with Crippen LogP contribution in [0.5, 0.6) is 0 Å². The van der Waals surface area contributed by atoms with E-state index in [0.29, 0.717) is 12.8 Å². The summed E-state index contributed by atoms with van der Waals surface area (Å²) in [6.07, 6.45) is 1.43. The minimum atomic E-state index is -0.931. The van der Waals surface area contributed by atoms with Gasteiger partial charge in [-0.3, -0.25) is 9.59 Å². The minimum Gasteiger partial charge on any atom is -0.481 e. The van der Waals surface area contributed by atoms with E-state index in [4.69, 9.17) is 9.84 Å². The van der Waals surface area contributed by atoms with Gasteiger partial charge in [-0.2, -0.15) is 0 Å². The Balaban J connectivity index is 1.46. The molecule has 0 spiro atoms. The van der Waals surface area contributed by atoms with Gasteiger partial charge >= 0.3 is 12.1 Å². The van der Waals surface area contributed by atoms with E-state index in [9.17, 15) is 14.4 Å². The Morgan fingerprint density at radius 3 is 2.15 bits per heavy atom. The third kappa shape index (κ3) is 6.57. The Kier molecular flexibility index (Phi) is 8.46. The minimum absolute atomic E-state index is 0.00559. The van der Waals surface area contributed by atoms with Gasteiger partial charge in [-0.15, -0.1) is 0 Å². The molecule has 0 aromatic heterocycles. The summed E-state index contributed by atoms with van der Waals surface area (Å²) < 4.78 is 5.54. The fourth-order valence-electron chi connectivity index (χ4n) is 4.35. The quantitative estimate of drug-likeness (QED) is 0.467. The second-order valence-electron chi connectivity index (χ2n) is 8.56. The Labute approximate surface area is 194 Å². The topological polar surface area (TPSA) is 105 Å². The molecule has 0 bridgehead atoms. The number of carboxylic acid groups (broad SMARTS) is 1. The number of benzene rings is 2. The molecule has 176 valence electrons. The number of carbonyl (C=O) groups excluding carboxylic acids is 2. The van der Waals surface area contributed by atoms with E-state index in [1.165, 1.54) is 11.1 Å². The predicted octanol–water partition coefficient (Wildman–Crippen LogP) is 4.45. The first-order chi connectivity index (χ1) is 15.9. The molecule has 3 rings (SSSR count). The lowest BCUT2D eigenvalue weighted by atomic mass is 9.98. The lowest BCUT2D eigenvalue weighted by molar-refractivity contribution is -0.137. The molecule has 1 unspecified atom stereocenters. The van der Waals surface area contributed by atoms with E-state index in [2.05, 4.69) is 34.9 Å². The molecule has 1 aliphatic rings. The maximum Gasteiger partial charge on any atom is 0.407 e. The van der Waals surface area contributed by atoms with Crippen molar-refractivity contribution in [1.82, 2.24) is 10.6 Å². The van der Waals surface area contributed by atoms with Crippen LogP contribution in [0.2, 0.25) is 0 Å². The van der Waals surface area contributed by atoms with Crippen LogP contribution in [-0.4, -0.2) is 41.8 Å². The van der Waals surface area contributed by atoms with Crippen molar-refractivity contribution < 1.29 is 24.2 Å². The van der Waals surface area contributed by atoms with Crippen LogP contribution < -0.4 is 10.6 Å². The molecule has 3 N–H and O–H groups in total. The maximum absolute atomic E-state index is 12.4. The highest BCUT2D eigenvalue weighted by Gasteiger charge is 2.29. The molecule has 2 aromatic carbocycles. The molecule has 7 nitrogen and oxygen atoms in total. The number of hydrogen-bond acceptors (Lipinski definition) is 4. The van der Waals surface area contributed by atoms with Crippen molar-refractivity contribution in [2.24, 2.45) is 0 Å². The van der Waals surface area contributed by atoms with E-state index >= 15 is 0 Å². The standard InChI is InChI=1S/C26H32N2O5/c1-3-8-18(15-25(30)31)28-24(29)14-13-17(2)27-26(32)33-16-23-21-11-6-4-9-19(21)20-10-5-7-12-22(20)23/h4-7,9-12,17-18,23H,3,8,13-16H2,1-2H3,(H,27,32)(H,28,29)(H,30,31)/t17?,18-/m1/s1. The smallest absolute Gasteiger partial charge is 0.407 e. The molecule has 0 saturated heterocycles. The van der Waals surface area contributed by atoms with Crippen LogP contribution in [0, 0.1) is 0 Å². The van der Waals surface area contributed by atoms with Crippen LogP contribution in [0.1, 0.15) is 63.0 Å². The normalized spacial score (nSPS) is 14.0. The molecule has 33 heavy (non-hydrogen) atoms. The van der Waals surface area contributed by atoms with E-state index in [1.807, 2.05) is 38.1 Å². The first-order valence-corrected chi connectivity index (χ1v) is 11.5. The van der Waals surface area contributed by atoms with Crippen molar-refractivity contribution in [3.05, 3.63) is 59.7 Å². The summed E-state index contributed by atoms with van der Waals surface area (Å²) in [5, 5.41) is 14.5. The number of rotatable bonds is 11. The van der Waals surface area contributed by atoms with E-state index in [0.717, 1.165) is 17.5 Å². The number of alkyl carbamates (subject to hydrolysis) is 1. The zero-order chi connectivity index (χ0) is 23.8. The first-order valence-electron chi connectivity index (χ1n) is 11.5. The zero-order valence-electron chi connectivity index (χ0n) is 19.2. The Bertz CT molecular complexity index is 945. The highest BCUT2D eigenvalue weighted by Crippen LogP contribution is 2.44. The fourth-order valence-corrected chi connectivity index (χ4v) is 4.35. The molecule has 0 fully saturated rings. The Morgan fingerprint density at radius 1 is 0.970 bits per heavy atom. The molecule has 2 aromatic rings. The Hall–Kier alpha value is -3.35.